The highest BCUT2D eigenvalue weighted by atomic mass is 127. The Morgan fingerprint density at radius 2 is 1.86 bits per heavy atom. The van der Waals surface area contributed by atoms with Gasteiger partial charge in [0.25, 0.3) is 0 Å². The quantitative estimate of drug-likeness (QED) is 0.245. The van der Waals surface area contributed by atoms with Crippen LogP contribution in [0.3, 0.4) is 0 Å². The number of ether oxygens (including phenoxy) is 1. The number of para-hydroxylation sites is 2. The third-order valence-corrected chi connectivity index (χ3v) is 3.75. The Labute approximate surface area is 139 Å². The topological polar surface area (TPSA) is 47.3 Å². The second-order valence-electron chi connectivity index (χ2n) is 4.27. The number of nitrogen functional groups attached to an aromatic ring is 1. The van der Waals surface area contributed by atoms with Crippen molar-refractivity contribution in [2.45, 2.75) is 0 Å². The van der Waals surface area contributed by atoms with E-state index in [0.717, 1.165) is 0 Å². The van der Waals surface area contributed by atoms with Gasteiger partial charge in [-0.3, -0.25) is 0 Å². The van der Waals surface area contributed by atoms with Crippen LogP contribution in [0.2, 0.25) is 0 Å². The zero-order valence-corrected chi connectivity index (χ0v) is 13.5. The summed E-state index contributed by atoms with van der Waals surface area (Å²) in [5.74, 6) is -3.95. The van der Waals surface area contributed by atoms with E-state index >= 15 is 0 Å². The smallest absolute Gasteiger partial charge is 0.192 e. The summed E-state index contributed by atoms with van der Waals surface area (Å²) >= 11 is 1.48. The van der Waals surface area contributed by atoms with Gasteiger partial charge in [0.2, 0.25) is 0 Å². The van der Waals surface area contributed by atoms with E-state index < -0.39 is 23.1 Å². The molecule has 2 aromatic rings. The minimum absolute atomic E-state index is 0.0368. The normalized spacial score (nSPS) is 10.4. The average molecular weight is 420 g/mol. The van der Waals surface area contributed by atoms with Crippen molar-refractivity contribution in [2.75, 3.05) is 17.7 Å². The monoisotopic (exact) mass is 420 g/mol. The maximum absolute atomic E-state index is 14.4. The molecule has 0 saturated carbocycles. The van der Waals surface area contributed by atoms with Crippen LogP contribution in [0.4, 0.5) is 30.2 Å². The van der Waals surface area contributed by atoms with E-state index in [1.54, 1.807) is 18.2 Å². The van der Waals surface area contributed by atoms with Crippen LogP contribution in [0.1, 0.15) is 0 Å². The summed E-state index contributed by atoms with van der Waals surface area (Å²) in [4.78, 5) is 0. The molecule has 0 radical (unpaired) electrons. The molecule has 22 heavy (non-hydrogen) atoms. The first-order valence-corrected chi connectivity index (χ1v) is 7.26. The predicted molar refractivity (Wildman–Crippen MR) is 88.9 cm³/mol. The molecule has 7 heteroatoms. The lowest BCUT2D eigenvalue weighted by Crippen LogP contribution is -2.08. The van der Waals surface area contributed by atoms with Crippen LogP contribution in [0, 0.1) is 21.0 Å². The van der Waals surface area contributed by atoms with Gasteiger partial charge in [-0.25, -0.2) is 13.2 Å². The van der Waals surface area contributed by atoms with Crippen molar-refractivity contribution >= 4 is 39.7 Å². The summed E-state index contributed by atoms with van der Waals surface area (Å²) in [7, 11) is 0. The predicted octanol–water partition coefficient (Wildman–Crippen LogP) is 4.60. The molecular weight excluding hydrogens is 408 g/mol. The highest BCUT2D eigenvalue weighted by molar-refractivity contribution is 14.1. The van der Waals surface area contributed by atoms with E-state index in [1.165, 1.54) is 34.7 Å². The van der Waals surface area contributed by atoms with Crippen LogP contribution in [0.5, 0.6) is 5.75 Å². The zero-order chi connectivity index (χ0) is 16.3. The van der Waals surface area contributed by atoms with Gasteiger partial charge in [0.1, 0.15) is 12.3 Å². The second kappa shape index (κ2) is 6.91. The number of hydrogen-bond acceptors (Lipinski definition) is 3. The van der Waals surface area contributed by atoms with Crippen molar-refractivity contribution in [3.63, 3.8) is 0 Å². The van der Waals surface area contributed by atoms with E-state index in [9.17, 15) is 13.2 Å². The van der Waals surface area contributed by atoms with Gasteiger partial charge in [-0.15, -0.1) is 0 Å². The van der Waals surface area contributed by atoms with Gasteiger partial charge >= 0.3 is 0 Å². The SMILES string of the molecule is C=CCOc1c(F)c(Nc2ccccc2N)c(F)c(F)c1I. The second-order valence-corrected chi connectivity index (χ2v) is 5.35. The fourth-order valence-corrected chi connectivity index (χ4v) is 2.37. The first kappa shape index (κ1) is 16.5. The molecule has 0 fully saturated rings. The number of rotatable bonds is 5. The highest BCUT2D eigenvalue weighted by Crippen LogP contribution is 2.37. The summed E-state index contributed by atoms with van der Waals surface area (Å²) in [6, 6.07) is 6.37. The first-order valence-electron chi connectivity index (χ1n) is 6.18. The van der Waals surface area contributed by atoms with E-state index in [0.29, 0.717) is 0 Å². The van der Waals surface area contributed by atoms with Crippen LogP contribution < -0.4 is 15.8 Å². The maximum Gasteiger partial charge on any atom is 0.192 e. The molecule has 0 atom stereocenters. The van der Waals surface area contributed by atoms with Crippen molar-refractivity contribution in [1.82, 2.24) is 0 Å². The minimum Gasteiger partial charge on any atom is -0.485 e. The summed E-state index contributed by atoms with van der Waals surface area (Å²) in [6.45, 7) is 3.39. The Hall–Kier alpha value is -1.90. The number of nitrogens with two attached hydrogens (primary N) is 1. The molecule has 0 spiro atoms. The lowest BCUT2D eigenvalue weighted by Gasteiger charge is -2.15. The zero-order valence-electron chi connectivity index (χ0n) is 11.3. The Kier molecular flexibility index (Phi) is 5.17. The summed E-state index contributed by atoms with van der Waals surface area (Å²) < 4.78 is 47.2. The summed E-state index contributed by atoms with van der Waals surface area (Å²) in [5.41, 5.74) is 5.58. The standard InChI is InChI=1S/C15H12F3IN2O/c1-2-7-22-15-12(18)14(11(17)10(16)13(15)19)21-9-6-4-3-5-8(9)20/h2-6,21H,1,7,20H2. The van der Waals surface area contributed by atoms with Gasteiger partial charge in [0.05, 0.1) is 14.9 Å². The number of anilines is 3. The largest absolute Gasteiger partial charge is 0.485 e. The van der Waals surface area contributed by atoms with Gasteiger partial charge in [0, 0.05) is 0 Å². The fourth-order valence-electron chi connectivity index (χ4n) is 1.74. The fraction of sp³-hybridized carbons (Fsp3) is 0.0667. The molecule has 0 saturated heterocycles. The Morgan fingerprint density at radius 3 is 2.50 bits per heavy atom. The molecule has 0 aliphatic rings. The van der Waals surface area contributed by atoms with Crippen LogP contribution in [0.15, 0.2) is 36.9 Å². The Balaban J connectivity index is 2.53. The first-order chi connectivity index (χ1) is 10.5. The van der Waals surface area contributed by atoms with Crippen LogP contribution in [0.25, 0.3) is 0 Å². The van der Waals surface area contributed by atoms with Gasteiger partial charge in [-0.05, 0) is 34.7 Å². The molecule has 3 N–H and O–H groups in total. The molecule has 2 rings (SSSR count). The van der Waals surface area contributed by atoms with E-state index in [4.69, 9.17) is 10.5 Å². The molecule has 0 aromatic heterocycles. The highest BCUT2D eigenvalue weighted by Gasteiger charge is 2.25. The Morgan fingerprint density at radius 1 is 1.18 bits per heavy atom. The molecule has 0 aliphatic carbocycles. The summed E-state index contributed by atoms with van der Waals surface area (Å²) in [6.07, 6.45) is 1.37. The summed E-state index contributed by atoms with van der Waals surface area (Å²) in [5, 5.41) is 2.47. The van der Waals surface area contributed by atoms with Crippen molar-refractivity contribution in [3.8, 4) is 5.75 Å². The molecule has 0 heterocycles. The molecule has 116 valence electrons. The Bertz CT molecular complexity index is 722. The lowest BCUT2D eigenvalue weighted by molar-refractivity contribution is 0.333. The molecule has 2 aromatic carbocycles. The van der Waals surface area contributed by atoms with Crippen molar-refractivity contribution in [2.24, 2.45) is 0 Å². The van der Waals surface area contributed by atoms with Gasteiger partial charge in [-0.2, -0.15) is 0 Å². The minimum atomic E-state index is -1.34. The van der Waals surface area contributed by atoms with E-state index in [1.807, 2.05) is 0 Å². The van der Waals surface area contributed by atoms with Gasteiger partial charge < -0.3 is 15.8 Å². The number of benzene rings is 2. The molecule has 0 aliphatic heterocycles. The molecule has 0 unspecified atom stereocenters. The molecule has 0 amide bonds. The van der Waals surface area contributed by atoms with E-state index in [-0.39, 0.29) is 27.3 Å². The van der Waals surface area contributed by atoms with Crippen molar-refractivity contribution < 1.29 is 17.9 Å². The lowest BCUT2D eigenvalue weighted by atomic mass is 10.2. The molecular formula is C15H12F3IN2O. The number of nitrogens with one attached hydrogen (secondary N) is 1. The van der Waals surface area contributed by atoms with E-state index in [2.05, 4.69) is 11.9 Å². The molecule has 0 bridgehead atoms. The van der Waals surface area contributed by atoms with Crippen LogP contribution >= 0.6 is 22.6 Å². The van der Waals surface area contributed by atoms with Crippen LogP contribution in [-0.4, -0.2) is 6.61 Å². The van der Waals surface area contributed by atoms with Crippen molar-refractivity contribution in [3.05, 3.63) is 57.9 Å². The van der Waals surface area contributed by atoms with Crippen molar-refractivity contribution in [1.29, 1.82) is 0 Å². The van der Waals surface area contributed by atoms with Crippen LogP contribution in [-0.2, 0) is 0 Å². The number of halogens is 4. The van der Waals surface area contributed by atoms with Gasteiger partial charge in [0.15, 0.2) is 23.2 Å². The maximum atomic E-state index is 14.4. The molecule has 3 nitrogen and oxygen atoms in total. The van der Waals surface area contributed by atoms with Gasteiger partial charge in [-0.1, -0.05) is 24.8 Å². The number of hydrogen-bond donors (Lipinski definition) is 2. The average Bonchev–Trinajstić information content (AvgIpc) is 2.51. The third-order valence-electron chi connectivity index (χ3n) is 2.79. The third kappa shape index (κ3) is 3.13.